The lowest BCUT2D eigenvalue weighted by Crippen LogP contribution is -2.01. The molecular weight excluding hydrogens is 268 g/mol. The number of halogens is 1. The maximum atomic E-state index is 5.96. The molecule has 0 fully saturated rings. The molecule has 0 radical (unpaired) electrons. The molecule has 0 atom stereocenters. The highest BCUT2D eigenvalue weighted by molar-refractivity contribution is 7.98. The average Bonchev–Trinajstić information content (AvgIpc) is 2.41. The van der Waals surface area contributed by atoms with Gasteiger partial charge in [0.05, 0.1) is 10.7 Å². The molecule has 2 aromatic rings. The molecule has 0 spiro atoms. The number of hydrogen-bond donors (Lipinski definition) is 1. The summed E-state index contributed by atoms with van der Waals surface area (Å²) in [4.78, 5) is 5.33. The van der Waals surface area contributed by atoms with E-state index < -0.39 is 0 Å². The van der Waals surface area contributed by atoms with Gasteiger partial charge < -0.3 is 10.5 Å². The van der Waals surface area contributed by atoms with E-state index in [2.05, 4.69) is 4.98 Å². The fourth-order valence-electron chi connectivity index (χ4n) is 1.48. The highest BCUT2D eigenvalue weighted by Crippen LogP contribution is 2.31. The Balaban J connectivity index is 2.28. The molecule has 0 unspecified atom stereocenters. The molecule has 5 heteroatoms. The van der Waals surface area contributed by atoms with Crippen molar-refractivity contribution in [1.29, 1.82) is 0 Å². The molecule has 2 rings (SSSR count). The molecule has 1 aromatic heterocycles. The second-order valence-corrected chi connectivity index (χ2v) is 4.79. The van der Waals surface area contributed by atoms with E-state index in [-0.39, 0.29) is 0 Å². The van der Waals surface area contributed by atoms with Crippen LogP contribution in [0.4, 0.5) is 0 Å². The number of nitrogens with two attached hydrogens (primary N) is 1. The maximum Gasteiger partial charge on any atom is 0.219 e. The Labute approximate surface area is 115 Å². The largest absolute Gasteiger partial charge is 0.438 e. The Morgan fingerprint density at radius 2 is 2.06 bits per heavy atom. The Bertz CT molecular complexity index is 548. The minimum atomic E-state index is 0.292. The second-order valence-electron chi connectivity index (χ2n) is 3.54. The smallest absolute Gasteiger partial charge is 0.219 e. The molecule has 0 amide bonds. The lowest BCUT2D eigenvalue weighted by Gasteiger charge is -2.09. The number of pyridine rings is 1. The highest BCUT2D eigenvalue weighted by Gasteiger charge is 2.07. The van der Waals surface area contributed by atoms with E-state index in [9.17, 15) is 0 Å². The summed E-state index contributed by atoms with van der Waals surface area (Å²) in [5, 5.41) is 0.558. The van der Waals surface area contributed by atoms with E-state index in [0.29, 0.717) is 23.1 Å². The van der Waals surface area contributed by atoms with Gasteiger partial charge in [-0.15, -0.1) is 11.8 Å². The summed E-state index contributed by atoms with van der Waals surface area (Å²) >= 11 is 7.58. The van der Waals surface area contributed by atoms with Crippen LogP contribution in [0.15, 0.2) is 41.3 Å². The van der Waals surface area contributed by atoms with Gasteiger partial charge in [-0.1, -0.05) is 23.7 Å². The topological polar surface area (TPSA) is 48.1 Å². The SMILES string of the molecule is CSc1ccccc1Oc1ccc(Cl)c(CN)n1. The van der Waals surface area contributed by atoms with E-state index in [0.717, 1.165) is 10.6 Å². The summed E-state index contributed by atoms with van der Waals surface area (Å²) < 4.78 is 5.75. The van der Waals surface area contributed by atoms with Gasteiger partial charge in [0.15, 0.2) is 0 Å². The maximum absolute atomic E-state index is 5.96. The van der Waals surface area contributed by atoms with Crippen LogP contribution in [0.5, 0.6) is 11.6 Å². The molecule has 3 nitrogen and oxygen atoms in total. The van der Waals surface area contributed by atoms with Crippen molar-refractivity contribution in [2.45, 2.75) is 11.4 Å². The van der Waals surface area contributed by atoms with E-state index in [4.69, 9.17) is 22.1 Å². The van der Waals surface area contributed by atoms with Crippen LogP contribution in [0.25, 0.3) is 0 Å². The number of aromatic nitrogens is 1. The lowest BCUT2D eigenvalue weighted by atomic mass is 10.3. The first-order valence-electron chi connectivity index (χ1n) is 5.41. The standard InChI is InChI=1S/C13H13ClN2OS/c1-18-12-5-3-2-4-11(12)17-13-7-6-9(14)10(8-15)16-13/h2-7H,8,15H2,1H3. The van der Waals surface area contributed by atoms with Crippen molar-refractivity contribution in [3.05, 3.63) is 47.1 Å². The van der Waals surface area contributed by atoms with Crippen LogP contribution in [0, 0.1) is 0 Å². The van der Waals surface area contributed by atoms with Crippen LogP contribution in [-0.2, 0) is 6.54 Å². The van der Waals surface area contributed by atoms with Gasteiger partial charge in [0.1, 0.15) is 5.75 Å². The third-order valence-electron chi connectivity index (χ3n) is 2.37. The van der Waals surface area contributed by atoms with E-state index >= 15 is 0 Å². The van der Waals surface area contributed by atoms with Crippen LogP contribution >= 0.6 is 23.4 Å². The average molecular weight is 281 g/mol. The first-order chi connectivity index (χ1) is 8.74. The van der Waals surface area contributed by atoms with Gasteiger partial charge >= 0.3 is 0 Å². The number of hydrogen-bond acceptors (Lipinski definition) is 4. The van der Waals surface area contributed by atoms with Crippen LogP contribution in [0.2, 0.25) is 5.02 Å². The van der Waals surface area contributed by atoms with Crippen LogP contribution < -0.4 is 10.5 Å². The van der Waals surface area contributed by atoms with Gasteiger partial charge in [-0.3, -0.25) is 0 Å². The number of rotatable bonds is 4. The monoisotopic (exact) mass is 280 g/mol. The minimum Gasteiger partial charge on any atom is -0.438 e. The Kier molecular flexibility index (Phi) is 4.47. The fourth-order valence-corrected chi connectivity index (χ4v) is 2.19. The number of para-hydroxylation sites is 1. The van der Waals surface area contributed by atoms with Crippen molar-refractivity contribution < 1.29 is 4.74 Å². The second kappa shape index (κ2) is 6.09. The summed E-state index contributed by atoms with van der Waals surface area (Å²) in [5.41, 5.74) is 6.20. The van der Waals surface area contributed by atoms with Gasteiger partial charge in [0, 0.05) is 17.5 Å². The van der Waals surface area contributed by atoms with Crippen molar-refractivity contribution in [2.24, 2.45) is 5.73 Å². The summed E-state index contributed by atoms with van der Waals surface area (Å²) in [6.45, 7) is 0.292. The predicted octanol–water partition coefficient (Wildman–Crippen LogP) is 3.71. The summed E-state index contributed by atoms with van der Waals surface area (Å²) in [6.07, 6.45) is 2.00. The highest BCUT2D eigenvalue weighted by atomic mass is 35.5. The minimum absolute atomic E-state index is 0.292. The van der Waals surface area contributed by atoms with Crippen molar-refractivity contribution in [1.82, 2.24) is 4.98 Å². The molecule has 1 aromatic carbocycles. The zero-order valence-corrected chi connectivity index (χ0v) is 11.5. The molecule has 2 N–H and O–H groups in total. The van der Waals surface area contributed by atoms with Gasteiger partial charge in [-0.2, -0.15) is 0 Å². The lowest BCUT2D eigenvalue weighted by molar-refractivity contribution is 0.450. The molecule has 18 heavy (non-hydrogen) atoms. The summed E-state index contributed by atoms with van der Waals surface area (Å²) in [7, 11) is 0. The molecule has 0 bridgehead atoms. The third-order valence-corrected chi connectivity index (χ3v) is 3.49. The first-order valence-corrected chi connectivity index (χ1v) is 7.01. The van der Waals surface area contributed by atoms with Gasteiger partial charge in [0.2, 0.25) is 5.88 Å². The van der Waals surface area contributed by atoms with Gasteiger partial charge in [-0.25, -0.2) is 4.98 Å². The van der Waals surface area contributed by atoms with Crippen LogP contribution in [0.1, 0.15) is 5.69 Å². The Hall–Kier alpha value is -1.23. The van der Waals surface area contributed by atoms with Crippen molar-refractivity contribution in [3.8, 4) is 11.6 Å². The Morgan fingerprint density at radius 3 is 2.78 bits per heavy atom. The molecule has 0 aliphatic carbocycles. The summed E-state index contributed by atoms with van der Waals surface area (Å²) in [6, 6.07) is 11.3. The van der Waals surface area contributed by atoms with Crippen molar-refractivity contribution in [2.75, 3.05) is 6.26 Å². The van der Waals surface area contributed by atoms with E-state index in [1.54, 1.807) is 23.9 Å². The molecule has 0 aliphatic rings. The zero-order valence-electron chi connectivity index (χ0n) is 9.89. The quantitative estimate of drug-likeness (QED) is 0.868. The van der Waals surface area contributed by atoms with Crippen molar-refractivity contribution in [3.63, 3.8) is 0 Å². The van der Waals surface area contributed by atoms with Gasteiger partial charge in [0.25, 0.3) is 0 Å². The van der Waals surface area contributed by atoms with Crippen molar-refractivity contribution >= 4 is 23.4 Å². The number of thioether (sulfide) groups is 1. The first kappa shape index (κ1) is 13.2. The molecule has 94 valence electrons. The van der Waals surface area contributed by atoms with Crippen LogP contribution in [-0.4, -0.2) is 11.2 Å². The number of ether oxygens (including phenoxy) is 1. The molecular formula is C13H13ClN2OS. The zero-order chi connectivity index (χ0) is 13.0. The molecule has 0 aliphatic heterocycles. The number of benzene rings is 1. The normalized spacial score (nSPS) is 10.4. The Morgan fingerprint density at radius 1 is 1.28 bits per heavy atom. The van der Waals surface area contributed by atoms with Gasteiger partial charge in [-0.05, 0) is 24.5 Å². The molecule has 0 saturated heterocycles. The number of nitrogens with zero attached hydrogens (tertiary/aromatic N) is 1. The summed E-state index contributed by atoms with van der Waals surface area (Å²) in [5.74, 6) is 1.28. The predicted molar refractivity (Wildman–Crippen MR) is 75.4 cm³/mol. The molecule has 0 saturated carbocycles. The van der Waals surface area contributed by atoms with E-state index in [1.807, 2.05) is 30.5 Å². The van der Waals surface area contributed by atoms with Crippen LogP contribution in [0.3, 0.4) is 0 Å². The third kappa shape index (κ3) is 2.96. The van der Waals surface area contributed by atoms with E-state index in [1.165, 1.54) is 0 Å². The molecule has 1 heterocycles. The fraction of sp³-hybridized carbons (Fsp3) is 0.154.